The molecule has 0 aromatic heterocycles. The van der Waals surface area contributed by atoms with Gasteiger partial charge in [-0.1, -0.05) is 6.42 Å². The lowest BCUT2D eigenvalue weighted by molar-refractivity contribution is 0.187. The zero-order valence-corrected chi connectivity index (χ0v) is 13.9. The van der Waals surface area contributed by atoms with Crippen molar-refractivity contribution in [3.8, 4) is 0 Å². The van der Waals surface area contributed by atoms with Gasteiger partial charge in [0, 0.05) is 22.7 Å². The molecule has 0 aliphatic carbocycles. The van der Waals surface area contributed by atoms with Crippen LogP contribution in [-0.4, -0.2) is 39.5 Å². The number of piperidine rings is 1. The van der Waals surface area contributed by atoms with Crippen LogP contribution in [0.2, 0.25) is 0 Å². The average molecular weight is 362 g/mol. The first kappa shape index (κ1) is 15.8. The minimum atomic E-state index is -3.48. The van der Waals surface area contributed by atoms with Crippen molar-refractivity contribution in [2.45, 2.75) is 30.2 Å². The Morgan fingerprint density at radius 2 is 2.20 bits per heavy atom. The predicted octanol–water partition coefficient (Wildman–Crippen LogP) is 1.79. The van der Waals surface area contributed by atoms with E-state index in [4.69, 9.17) is 5.73 Å². The zero-order valence-electron chi connectivity index (χ0n) is 11.5. The van der Waals surface area contributed by atoms with Gasteiger partial charge in [0.05, 0.1) is 4.90 Å². The molecule has 20 heavy (non-hydrogen) atoms. The lowest BCUT2D eigenvalue weighted by atomic mass is 10.0. The molecule has 0 amide bonds. The lowest BCUT2D eigenvalue weighted by Gasteiger charge is -2.32. The maximum absolute atomic E-state index is 12.3. The van der Waals surface area contributed by atoms with Crippen LogP contribution >= 0.6 is 15.9 Å². The van der Waals surface area contributed by atoms with Gasteiger partial charge in [-0.15, -0.1) is 0 Å². The summed E-state index contributed by atoms with van der Waals surface area (Å²) in [5.74, 6) is 0. The van der Waals surface area contributed by atoms with E-state index in [-0.39, 0.29) is 10.9 Å². The fourth-order valence-electron chi connectivity index (χ4n) is 2.37. The molecule has 0 spiro atoms. The number of nitrogens with one attached hydrogen (secondary N) is 1. The highest BCUT2D eigenvalue weighted by atomic mass is 79.9. The molecule has 1 atom stereocenters. The quantitative estimate of drug-likeness (QED) is 0.801. The Bertz CT molecular complexity index is 577. The van der Waals surface area contributed by atoms with Gasteiger partial charge < -0.3 is 10.6 Å². The molecule has 112 valence electrons. The van der Waals surface area contributed by atoms with E-state index in [0.717, 1.165) is 19.4 Å². The lowest BCUT2D eigenvalue weighted by Crippen LogP contribution is -2.44. The molecular formula is C13H20BrN3O2S. The topological polar surface area (TPSA) is 75.4 Å². The van der Waals surface area contributed by atoms with Crippen LogP contribution in [-0.2, 0) is 10.0 Å². The number of anilines is 1. The number of benzene rings is 1. The van der Waals surface area contributed by atoms with Crippen molar-refractivity contribution in [1.82, 2.24) is 9.62 Å². The van der Waals surface area contributed by atoms with Crippen molar-refractivity contribution in [2.75, 3.05) is 25.9 Å². The Morgan fingerprint density at radius 3 is 2.85 bits per heavy atom. The van der Waals surface area contributed by atoms with E-state index in [1.54, 1.807) is 6.07 Å². The number of hydrogen-bond donors (Lipinski definition) is 2. The number of nitrogens with zero attached hydrogens (tertiary/aromatic N) is 1. The van der Waals surface area contributed by atoms with Crippen molar-refractivity contribution in [2.24, 2.45) is 0 Å². The first-order chi connectivity index (χ1) is 9.40. The van der Waals surface area contributed by atoms with Crippen molar-refractivity contribution in [3.63, 3.8) is 0 Å². The number of halogens is 1. The second kappa shape index (κ2) is 6.43. The Labute approximate surface area is 128 Å². The smallest absolute Gasteiger partial charge is 0.240 e. The highest BCUT2D eigenvalue weighted by Crippen LogP contribution is 2.23. The number of sulfonamides is 1. The van der Waals surface area contributed by atoms with Gasteiger partial charge in [-0.05, 0) is 60.6 Å². The Hall–Kier alpha value is -0.630. The fraction of sp³-hybridized carbons (Fsp3) is 0.538. The number of rotatable bonds is 4. The predicted molar refractivity (Wildman–Crippen MR) is 84.0 cm³/mol. The molecule has 3 N–H and O–H groups in total. The van der Waals surface area contributed by atoms with Gasteiger partial charge in [0.1, 0.15) is 0 Å². The molecule has 0 saturated carbocycles. The van der Waals surface area contributed by atoms with Crippen molar-refractivity contribution >= 4 is 31.6 Å². The van der Waals surface area contributed by atoms with Crippen molar-refractivity contribution < 1.29 is 8.42 Å². The number of nitrogens with two attached hydrogens (primary N) is 1. The van der Waals surface area contributed by atoms with Gasteiger partial charge in [0.15, 0.2) is 0 Å². The zero-order chi connectivity index (χ0) is 14.8. The van der Waals surface area contributed by atoms with E-state index >= 15 is 0 Å². The molecule has 0 bridgehead atoms. The van der Waals surface area contributed by atoms with E-state index in [9.17, 15) is 8.42 Å². The Kier molecular flexibility index (Phi) is 5.06. The van der Waals surface area contributed by atoms with E-state index in [1.165, 1.54) is 18.6 Å². The highest BCUT2D eigenvalue weighted by Gasteiger charge is 2.22. The molecule has 1 aromatic rings. The maximum atomic E-state index is 12.3. The molecule has 1 saturated heterocycles. The van der Waals surface area contributed by atoms with Crippen LogP contribution in [0.4, 0.5) is 5.69 Å². The Morgan fingerprint density at radius 1 is 1.45 bits per heavy atom. The van der Waals surface area contributed by atoms with Crippen LogP contribution in [0.25, 0.3) is 0 Å². The van der Waals surface area contributed by atoms with Crippen LogP contribution < -0.4 is 10.5 Å². The molecule has 7 heteroatoms. The summed E-state index contributed by atoms with van der Waals surface area (Å²) in [6.45, 7) is 1.47. The summed E-state index contributed by atoms with van der Waals surface area (Å²) in [4.78, 5) is 2.45. The molecule has 1 fully saturated rings. The SMILES string of the molecule is CN1CCCCC1CNS(=O)(=O)c1ccc(N)c(Br)c1. The van der Waals surface area contributed by atoms with Gasteiger partial charge in [0.2, 0.25) is 10.0 Å². The second-order valence-corrected chi connectivity index (χ2v) is 7.79. The monoisotopic (exact) mass is 361 g/mol. The van der Waals surface area contributed by atoms with Crippen LogP contribution in [0.3, 0.4) is 0 Å². The normalized spacial score (nSPS) is 21.0. The summed E-state index contributed by atoms with van der Waals surface area (Å²) in [5.41, 5.74) is 6.20. The van der Waals surface area contributed by atoms with E-state index in [1.807, 2.05) is 7.05 Å². The summed E-state index contributed by atoms with van der Waals surface area (Å²) < 4.78 is 27.8. The average Bonchev–Trinajstić information content (AvgIpc) is 2.41. The Balaban J connectivity index is 2.05. The number of likely N-dealkylation sites (tertiary alicyclic amines) is 1. The van der Waals surface area contributed by atoms with Crippen molar-refractivity contribution in [3.05, 3.63) is 22.7 Å². The third-order valence-corrected chi connectivity index (χ3v) is 5.82. The summed E-state index contributed by atoms with van der Waals surface area (Å²) in [6, 6.07) is 4.91. The molecule has 1 aromatic carbocycles. The minimum Gasteiger partial charge on any atom is -0.398 e. The molecule has 5 nitrogen and oxygen atoms in total. The van der Waals surface area contributed by atoms with Crippen LogP contribution in [0.15, 0.2) is 27.6 Å². The van der Waals surface area contributed by atoms with Gasteiger partial charge in [-0.25, -0.2) is 13.1 Å². The summed E-state index contributed by atoms with van der Waals surface area (Å²) >= 11 is 3.25. The third-order valence-electron chi connectivity index (χ3n) is 3.71. The van der Waals surface area contributed by atoms with Gasteiger partial charge in [-0.2, -0.15) is 0 Å². The first-order valence-corrected chi connectivity index (χ1v) is 8.93. The van der Waals surface area contributed by atoms with Gasteiger partial charge in [0.25, 0.3) is 0 Å². The van der Waals surface area contributed by atoms with Gasteiger partial charge in [-0.3, -0.25) is 0 Å². The second-order valence-electron chi connectivity index (χ2n) is 5.17. The first-order valence-electron chi connectivity index (χ1n) is 6.65. The van der Waals surface area contributed by atoms with Crippen LogP contribution in [0, 0.1) is 0 Å². The van der Waals surface area contributed by atoms with Gasteiger partial charge >= 0.3 is 0 Å². The molecule has 0 radical (unpaired) electrons. The molecule has 2 rings (SSSR count). The number of nitrogen functional groups attached to an aromatic ring is 1. The van der Waals surface area contributed by atoms with E-state index in [0.29, 0.717) is 16.7 Å². The van der Waals surface area contributed by atoms with Crippen LogP contribution in [0.5, 0.6) is 0 Å². The number of likely N-dealkylation sites (N-methyl/N-ethyl adjacent to an activating group) is 1. The molecule has 1 unspecified atom stereocenters. The summed E-state index contributed by atoms with van der Waals surface area (Å²) in [6.07, 6.45) is 3.37. The molecule has 1 aliphatic heterocycles. The maximum Gasteiger partial charge on any atom is 0.240 e. The molecule has 1 heterocycles. The number of hydrogen-bond acceptors (Lipinski definition) is 4. The molecule has 1 aliphatic rings. The van der Waals surface area contributed by atoms with Crippen LogP contribution in [0.1, 0.15) is 19.3 Å². The molecular weight excluding hydrogens is 342 g/mol. The minimum absolute atomic E-state index is 0.233. The van der Waals surface area contributed by atoms with Crippen molar-refractivity contribution in [1.29, 1.82) is 0 Å². The standard InChI is InChI=1S/C13H20BrN3O2S/c1-17-7-3-2-4-10(17)9-16-20(18,19)11-5-6-13(15)12(14)8-11/h5-6,8,10,16H,2-4,7,9,15H2,1H3. The largest absolute Gasteiger partial charge is 0.398 e. The fourth-order valence-corrected chi connectivity index (χ4v) is 4.00. The van der Waals surface area contributed by atoms with E-state index in [2.05, 4.69) is 25.6 Å². The summed E-state index contributed by atoms with van der Waals surface area (Å²) in [7, 11) is -1.44. The van der Waals surface area contributed by atoms with E-state index < -0.39 is 10.0 Å². The summed E-state index contributed by atoms with van der Waals surface area (Å²) in [5, 5.41) is 0. The highest BCUT2D eigenvalue weighted by molar-refractivity contribution is 9.10. The third kappa shape index (κ3) is 3.72.